The smallest absolute Gasteiger partial charge is 0.258 e. The molecule has 0 spiro atoms. The number of nitrogens with one attached hydrogen (secondary N) is 2. The zero-order valence-corrected chi connectivity index (χ0v) is 14.2. The Kier molecular flexibility index (Phi) is 6.29. The first-order valence-electron chi connectivity index (χ1n) is 8.70. The maximum absolute atomic E-state index is 12.1. The van der Waals surface area contributed by atoms with E-state index < -0.39 is 0 Å². The van der Waals surface area contributed by atoms with Gasteiger partial charge in [0.2, 0.25) is 0 Å². The highest BCUT2D eigenvalue weighted by molar-refractivity contribution is 5.78. The van der Waals surface area contributed by atoms with Crippen molar-refractivity contribution >= 4 is 5.91 Å². The standard InChI is InChI=1S/C20H24N2O3/c23-20(22-17-10-12-21-13-11-17)15-25-19-9-5-4-8-18(19)24-14-16-6-2-1-3-7-16/h1-9,17,21H,10-15H2,(H,22,23). The summed E-state index contributed by atoms with van der Waals surface area (Å²) in [5.74, 6) is 1.13. The van der Waals surface area contributed by atoms with Gasteiger partial charge in [-0.25, -0.2) is 0 Å². The summed E-state index contributed by atoms with van der Waals surface area (Å²) in [5, 5.41) is 6.30. The predicted octanol–water partition coefficient (Wildman–Crippen LogP) is 2.51. The number of amides is 1. The minimum Gasteiger partial charge on any atom is -0.485 e. The van der Waals surface area contributed by atoms with E-state index in [9.17, 15) is 4.79 Å². The molecule has 0 aromatic heterocycles. The molecule has 1 aliphatic heterocycles. The normalized spacial score (nSPS) is 14.7. The highest BCUT2D eigenvalue weighted by atomic mass is 16.5. The fourth-order valence-corrected chi connectivity index (χ4v) is 2.80. The molecule has 0 atom stereocenters. The number of carbonyl (C=O) groups excluding carboxylic acids is 1. The predicted molar refractivity (Wildman–Crippen MR) is 96.7 cm³/mol. The van der Waals surface area contributed by atoms with Crippen LogP contribution in [0.2, 0.25) is 0 Å². The number of benzene rings is 2. The van der Waals surface area contributed by atoms with E-state index in [1.165, 1.54) is 0 Å². The third-order valence-corrected chi connectivity index (χ3v) is 4.15. The fraction of sp³-hybridized carbons (Fsp3) is 0.350. The topological polar surface area (TPSA) is 59.6 Å². The van der Waals surface area contributed by atoms with Gasteiger partial charge in [-0.1, -0.05) is 42.5 Å². The van der Waals surface area contributed by atoms with Gasteiger partial charge in [0.1, 0.15) is 6.61 Å². The SMILES string of the molecule is O=C(COc1ccccc1OCc1ccccc1)NC1CCNCC1. The molecule has 3 rings (SSSR count). The molecule has 1 aliphatic rings. The monoisotopic (exact) mass is 340 g/mol. The Bertz CT molecular complexity index is 670. The number of rotatable bonds is 7. The summed E-state index contributed by atoms with van der Waals surface area (Å²) in [7, 11) is 0. The maximum Gasteiger partial charge on any atom is 0.258 e. The van der Waals surface area contributed by atoms with Crippen LogP contribution < -0.4 is 20.1 Å². The first-order chi connectivity index (χ1) is 12.3. The third kappa shape index (κ3) is 5.50. The van der Waals surface area contributed by atoms with Crippen molar-refractivity contribution in [3.05, 3.63) is 60.2 Å². The second-order valence-electron chi connectivity index (χ2n) is 6.10. The van der Waals surface area contributed by atoms with Crippen LogP contribution in [0.3, 0.4) is 0 Å². The van der Waals surface area contributed by atoms with Crippen molar-refractivity contribution in [2.24, 2.45) is 0 Å². The first-order valence-corrected chi connectivity index (χ1v) is 8.70. The summed E-state index contributed by atoms with van der Waals surface area (Å²) >= 11 is 0. The molecule has 2 aromatic rings. The van der Waals surface area contributed by atoms with E-state index in [4.69, 9.17) is 9.47 Å². The molecule has 1 fully saturated rings. The summed E-state index contributed by atoms with van der Waals surface area (Å²) in [6, 6.07) is 17.6. The van der Waals surface area contributed by atoms with E-state index in [0.29, 0.717) is 18.1 Å². The van der Waals surface area contributed by atoms with E-state index in [0.717, 1.165) is 31.5 Å². The lowest BCUT2D eigenvalue weighted by Gasteiger charge is -2.23. The van der Waals surface area contributed by atoms with Crippen molar-refractivity contribution < 1.29 is 14.3 Å². The molecule has 0 aliphatic carbocycles. The molecule has 2 aromatic carbocycles. The largest absolute Gasteiger partial charge is 0.485 e. The molecular formula is C20H24N2O3. The number of ether oxygens (including phenoxy) is 2. The Hall–Kier alpha value is -2.53. The van der Waals surface area contributed by atoms with Crippen LogP contribution in [0.1, 0.15) is 18.4 Å². The molecule has 5 heteroatoms. The van der Waals surface area contributed by atoms with Crippen LogP contribution in [-0.4, -0.2) is 31.6 Å². The summed E-state index contributed by atoms with van der Waals surface area (Å²) < 4.78 is 11.5. The molecule has 1 saturated heterocycles. The van der Waals surface area contributed by atoms with Gasteiger partial charge in [0.25, 0.3) is 5.91 Å². The molecule has 0 unspecified atom stereocenters. The summed E-state index contributed by atoms with van der Waals surface area (Å²) in [5.41, 5.74) is 1.08. The number of piperidine rings is 1. The van der Waals surface area contributed by atoms with Crippen molar-refractivity contribution in [2.45, 2.75) is 25.5 Å². The van der Waals surface area contributed by atoms with Gasteiger partial charge in [0.05, 0.1) is 0 Å². The van der Waals surface area contributed by atoms with Crippen molar-refractivity contribution in [2.75, 3.05) is 19.7 Å². The lowest BCUT2D eigenvalue weighted by atomic mass is 10.1. The number of carbonyl (C=O) groups is 1. The van der Waals surface area contributed by atoms with E-state index in [1.54, 1.807) is 0 Å². The molecule has 0 radical (unpaired) electrons. The Morgan fingerprint density at radius 1 is 0.960 bits per heavy atom. The van der Waals surface area contributed by atoms with Crippen molar-refractivity contribution in [3.63, 3.8) is 0 Å². The number of hydrogen-bond acceptors (Lipinski definition) is 4. The molecule has 0 bridgehead atoms. The van der Waals surface area contributed by atoms with Gasteiger partial charge in [-0.15, -0.1) is 0 Å². The molecule has 1 heterocycles. The molecule has 5 nitrogen and oxygen atoms in total. The molecule has 1 amide bonds. The van der Waals surface area contributed by atoms with Crippen LogP contribution in [0, 0.1) is 0 Å². The highest BCUT2D eigenvalue weighted by Gasteiger charge is 2.16. The van der Waals surface area contributed by atoms with Gasteiger partial charge in [-0.05, 0) is 43.6 Å². The molecular weight excluding hydrogens is 316 g/mol. The Labute approximate surface area is 148 Å². The van der Waals surface area contributed by atoms with Crippen molar-refractivity contribution in [1.29, 1.82) is 0 Å². The summed E-state index contributed by atoms with van der Waals surface area (Å²) in [4.78, 5) is 12.1. The third-order valence-electron chi connectivity index (χ3n) is 4.15. The van der Waals surface area contributed by atoms with E-state index >= 15 is 0 Å². The first kappa shape index (κ1) is 17.3. The van der Waals surface area contributed by atoms with Gasteiger partial charge in [0, 0.05) is 6.04 Å². The zero-order chi connectivity index (χ0) is 17.3. The molecule has 0 saturated carbocycles. The molecule has 25 heavy (non-hydrogen) atoms. The Balaban J connectivity index is 1.51. The minimum atomic E-state index is -0.0928. The lowest BCUT2D eigenvalue weighted by molar-refractivity contribution is -0.124. The van der Waals surface area contributed by atoms with E-state index in [2.05, 4.69) is 10.6 Å². The van der Waals surface area contributed by atoms with Crippen LogP contribution in [0.25, 0.3) is 0 Å². The van der Waals surface area contributed by atoms with Crippen LogP contribution in [-0.2, 0) is 11.4 Å². The number of hydrogen-bond donors (Lipinski definition) is 2. The van der Waals surface area contributed by atoms with E-state index in [1.807, 2.05) is 54.6 Å². The number of para-hydroxylation sites is 2. The zero-order valence-electron chi connectivity index (χ0n) is 14.2. The molecule has 132 valence electrons. The lowest BCUT2D eigenvalue weighted by Crippen LogP contribution is -2.44. The Morgan fingerprint density at radius 3 is 2.32 bits per heavy atom. The van der Waals surface area contributed by atoms with Gasteiger partial charge < -0.3 is 20.1 Å². The summed E-state index contributed by atoms with van der Waals surface area (Å²) in [6.45, 7) is 2.35. The second kappa shape index (κ2) is 9.08. The minimum absolute atomic E-state index is 0.00433. The van der Waals surface area contributed by atoms with E-state index in [-0.39, 0.29) is 18.6 Å². The fourth-order valence-electron chi connectivity index (χ4n) is 2.80. The van der Waals surface area contributed by atoms with Gasteiger partial charge in [-0.2, -0.15) is 0 Å². The Morgan fingerprint density at radius 2 is 1.60 bits per heavy atom. The van der Waals surface area contributed by atoms with Gasteiger partial charge in [-0.3, -0.25) is 4.79 Å². The second-order valence-corrected chi connectivity index (χ2v) is 6.10. The van der Waals surface area contributed by atoms with Crippen LogP contribution in [0.5, 0.6) is 11.5 Å². The van der Waals surface area contributed by atoms with Crippen molar-refractivity contribution in [3.8, 4) is 11.5 Å². The van der Waals surface area contributed by atoms with Gasteiger partial charge in [0.15, 0.2) is 18.1 Å². The van der Waals surface area contributed by atoms with Crippen LogP contribution >= 0.6 is 0 Å². The van der Waals surface area contributed by atoms with Gasteiger partial charge >= 0.3 is 0 Å². The maximum atomic E-state index is 12.1. The average Bonchev–Trinajstić information content (AvgIpc) is 2.67. The molecule has 2 N–H and O–H groups in total. The van der Waals surface area contributed by atoms with Crippen LogP contribution in [0.4, 0.5) is 0 Å². The van der Waals surface area contributed by atoms with Crippen molar-refractivity contribution in [1.82, 2.24) is 10.6 Å². The summed E-state index contributed by atoms with van der Waals surface area (Å²) in [6.07, 6.45) is 1.92. The average molecular weight is 340 g/mol. The highest BCUT2D eigenvalue weighted by Crippen LogP contribution is 2.27. The quantitative estimate of drug-likeness (QED) is 0.813. The van der Waals surface area contributed by atoms with Crippen LogP contribution in [0.15, 0.2) is 54.6 Å².